The number of carboxylic acid groups (broad SMARTS) is 1. The first-order chi connectivity index (χ1) is 13.8. The highest BCUT2D eigenvalue weighted by Gasteiger charge is 2.22. The van der Waals surface area contributed by atoms with Gasteiger partial charge in [0.15, 0.2) is 0 Å². The van der Waals surface area contributed by atoms with Crippen LogP contribution < -0.4 is 10.6 Å². The molecule has 2 amide bonds. The van der Waals surface area contributed by atoms with Crippen molar-refractivity contribution in [3.05, 3.63) is 64.2 Å². The minimum atomic E-state index is -1.03. The van der Waals surface area contributed by atoms with Crippen molar-refractivity contribution in [2.45, 2.75) is 46.1 Å². The van der Waals surface area contributed by atoms with Crippen molar-refractivity contribution in [1.82, 2.24) is 5.32 Å². The number of hydrogen-bond donors (Lipinski definition) is 3. The maximum Gasteiger partial charge on any atom is 0.336 e. The van der Waals surface area contributed by atoms with Crippen LogP contribution in [0.3, 0.4) is 0 Å². The van der Waals surface area contributed by atoms with Crippen LogP contribution in [0.25, 0.3) is 0 Å². The highest BCUT2D eigenvalue weighted by Crippen LogP contribution is 2.25. The topological polar surface area (TPSA) is 95.5 Å². The molecule has 6 nitrogen and oxygen atoms in total. The van der Waals surface area contributed by atoms with Gasteiger partial charge in [-0.25, -0.2) is 4.79 Å². The fourth-order valence-corrected chi connectivity index (χ4v) is 3.71. The van der Waals surface area contributed by atoms with E-state index in [-0.39, 0.29) is 23.3 Å². The lowest BCUT2D eigenvalue weighted by Crippen LogP contribution is -2.28. The van der Waals surface area contributed by atoms with Crippen LogP contribution in [0, 0.1) is 19.8 Å². The summed E-state index contributed by atoms with van der Waals surface area (Å²) in [5, 5.41) is 15.0. The number of nitrogens with one attached hydrogen (secondary N) is 2. The SMILES string of the molecule is Cc1cc(C)c(C(=O)O)cc1NC(=O)c1ccc(CNC(=O)C2CCCC2)cc1. The van der Waals surface area contributed by atoms with Gasteiger partial charge in [-0.05, 0) is 61.6 Å². The fourth-order valence-electron chi connectivity index (χ4n) is 3.71. The lowest BCUT2D eigenvalue weighted by molar-refractivity contribution is -0.124. The van der Waals surface area contributed by atoms with E-state index in [0.717, 1.165) is 36.8 Å². The second-order valence-corrected chi connectivity index (χ2v) is 7.64. The Hall–Kier alpha value is -3.15. The van der Waals surface area contributed by atoms with Crippen LogP contribution >= 0.6 is 0 Å². The van der Waals surface area contributed by atoms with E-state index in [0.29, 0.717) is 23.4 Å². The van der Waals surface area contributed by atoms with E-state index in [4.69, 9.17) is 0 Å². The summed E-state index contributed by atoms with van der Waals surface area (Å²) in [6.45, 7) is 3.99. The summed E-state index contributed by atoms with van der Waals surface area (Å²) in [7, 11) is 0. The summed E-state index contributed by atoms with van der Waals surface area (Å²) in [6, 6.07) is 10.3. The molecule has 2 aromatic rings. The van der Waals surface area contributed by atoms with Gasteiger partial charge in [-0.3, -0.25) is 9.59 Å². The van der Waals surface area contributed by atoms with Crippen LogP contribution in [-0.2, 0) is 11.3 Å². The molecule has 0 heterocycles. The Morgan fingerprint density at radius 3 is 2.28 bits per heavy atom. The quantitative estimate of drug-likeness (QED) is 0.688. The molecular formula is C23H26N2O4. The third-order valence-corrected chi connectivity index (χ3v) is 5.46. The number of amides is 2. The molecule has 3 rings (SSSR count). The molecule has 1 fully saturated rings. The van der Waals surface area contributed by atoms with Crippen LogP contribution in [0.15, 0.2) is 36.4 Å². The van der Waals surface area contributed by atoms with Crippen LogP contribution in [0.4, 0.5) is 5.69 Å². The second kappa shape index (κ2) is 8.90. The first kappa shape index (κ1) is 20.6. The molecule has 0 saturated heterocycles. The number of carbonyl (C=O) groups is 3. The monoisotopic (exact) mass is 394 g/mol. The third kappa shape index (κ3) is 5.02. The minimum absolute atomic E-state index is 0.105. The van der Waals surface area contributed by atoms with Gasteiger partial charge in [0, 0.05) is 23.7 Å². The highest BCUT2D eigenvalue weighted by atomic mass is 16.4. The van der Waals surface area contributed by atoms with Crippen molar-refractivity contribution in [3.63, 3.8) is 0 Å². The Balaban J connectivity index is 1.62. The lowest BCUT2D eigenvalue weighted by Gasteiger charge is -2.12. The molecule has 1 aliphatic carbocycles. The minimum Gasteiger partial charge on any atom is -0.478 e. The first-order valence-electron chi connectivity index (χ1n) is 9.87. The molecule has 1 aliphatic rings. The molecule has 152 valence electrons. The van der Waals surface area contributed by atoms with Crippen LogP contribution in [0.1, 0.15) is 63.1 Å². The van der Waals surface area contributed by atoms with Crippen molar-refractivity contribution in [2.75, 3.05) is 5.32 Å². The van der Waals surface area contributed by atoms with E-state index >= 15 is 0 Å². The molecule has 0 aliphatic heterocycles. The van der Waals surface area contributed by atoms with Gasteiger partial charge in [0.1, 0.15) is 0 Å². The summed E-state index contributed by atoms with van der Waals surface area (Å²) in [5.41, 5.74) is 3.48. The molecule has 0 aromatic heterocycles. The zero-order chi connectivity index (χ0) is 21.0. The van der Waals surface area contributed by atoms with Gasteiger partial charge < -0.3 is 15.7 Å². The molecule has 0 unspecified atom stereocenters. The average molecular weight is 394 g/mol. The van der Waals surface area contributed by atoms with Gasteiger partial charge >= 0.3 is 5.97 Å². The van der Waals surface area contributed by atoms with Gasteiger partial charge in [-0.2, -0.15) is 0 Å². The number of carbonyl (C=O) groups excluding carboxylic acids is 2. The largest absolute Gasteiger partial charge is 0.478 e. The predicted molar refractivity (Wildman–Crippen MR) is 111 cm³/mol. The molecular weight excluding hydrogens is 368 g/mol. The zero-order valence-electron chi connectivity index (χ0n) is 16.7. The number of benzene rings is 2. The van der Waals surface area contributed by atoms with E-state index < -0.39 is 5.97 Å². The number of hydrogen-bond acceptors (Lipinski definition) is 3. The van der Waals surface area contributed by atoms with Crippen molar-refractivity contribution in [3.8, 4) is 0 Å². The predicted octanol–water partition coefficient (Wildman–Crippen LogP) is 4.06. The summed E-state index contributed by atoms with van der Waals surface area (Å²) < 4.78 is 0. The number of anilines is 1. The third-order valence-electron chi connectivity index (χ3n) is 5.46. The first-order valence-corrected chi connectivity index (χ1v) is 9.87. The molecule has 1 saturated carbocycles. The maximum atomic E-state index is 12.6. The molecule has 29 heavy (non-hydrogen) atoms. The van der Waals surface area contributed by atoms with Crippen LogP contribution in [0.5, 0.6) is 0 Å². The highest BCUT2D eigenvalue weighted by molar-refractivity contribution is 6.05. The van der Waals surface area contributed by atoms with Gasteiger partial charge in [0.25, 0.3) is 5.91 Å². The Morgan fingerprint density at radius 1 is 1.00 bits per heavy atom. The van der Waals surface area contributed by atoms with Crippen LogP contribution in [-0.4, -0.2) is 22.9 Å². The molecule has 6 heteroatoms. The van der Waals surface area contributed by atoms with Gasteiger partial charge in [0.05, 0.1) is 5.56 Å². The fraction of sp³-hybridized carbons (Fsp3) is 0.348. The van der Waals surface area contributed by atoms with Crippen molar-refractivity contribution in [2.24, 2.45) is 5.92 Å². The summed E-state index contributed by atoms with van der Waals surface area (Å²) >= 11 is 0. The maximum absolute atomic E-state index is 12.6. The Kier molecular flexibility index (Phi) is 6.32. The molecule has 3 N–H and O–H groups in total. The van der Waals surface area contributed by atoms with Crippen molar-refractivity contribution >= 4 is 23.5 Å². The van der Waals surface area contributed by atoms with E-state index in [1.807, 2.05) is 19.1 Å². The Bertz CT molecular complexity index is 929. The summed E-state index contributed by atoms with van der Waals surface area (Å²) in [4.78, 5) is 36.0. The van der Waals surface area contributed by atoms with Crippen molar-refractivity contribution < 1.29 is 19.5 Å². The van der Waals surface area contributed by atoms with E-state index in [1.165, 1.54) is 6.07 Å². The normalized spacial score (nSPS) is 13.9. The number of aromatic carboxylic acids is 1. The molecule has 2 aromatic carbocycles. The number of carboxylic acids is 1. The summed E-state index contributed by atoms with van der Waals surface area (Å²) in [5.74, 6) is -1.10. The number of rotatable bonds is 6. The van der Waals surface area contributed by atoms with Gasteiger partial charge in [-0.15, -0.1) is 0 Å². The second-order valence-electron chi connectivity index (χ2n) is 7.64. The van der Waals surface area contributed by atoms with Gasteiger partial charge in [-0.1, -0.05) is 31.0 Å². The molecule has 0 bridgehead atoms. The standard InChI is InChI=1S/C23H26N2O4/c1-14-11-15(2)20(12-19(14)23(28)29)25-22(27)18-9-7-16(8-10-18)13-24-21(26)17-5-3-4-6-17/h7-12,17H,3-6,13H2,1-2H3,(H,24,26)(H,25,27)(H,28,29). The summed E-state index contributed by atoms with van der Waals surface area (Å²) in [6.07, 6.45) is 4.17. The average Bonchev–Trinajstić information content (AvgIpc) is 3.23. The van der Waals surface area contributed by atoms with Gasteiger partial charge in [0.2, 0.25) is 5.91 Å². The van der Waals surface area contributed by atoms with Crippen LogP contribution in [0.2, 0.25) is 0 Å². The number of aryl methyl sites for hydroxylation is 2. The smallest absolute Gasteiger partial charge is 0.336 e. The van der Waals surface area contributed by atoms with E-state index in [1.54, 1.807) is 25.1 Å². The van der Waals surface area contributed by atoms with E-state index in [9.17, 15) is 19.5 Å². The van der Waals surface area contributed by atoms with Crippen molar-refractivity contribution in [1.29, 1.82) is 0 Å². The Labute approximate surface area is 170 Å². The lowest BCUT2D eigenvalue weighted by atomic mass is 10.0. The Morgan fingerprint density at radius 2 is 1.66 bits per heavy atom. The molecule has 0 radical (unpaired) electrons. The molecule has 0 atom stereocenters. The molecule has 0 spiro atoms. The zero-order valence-corrected chi connectivity index (χ0v) is 16.7. The van der Waals surface area contributed by atoms with E-state index in [2.05, 4.69) is 10.6 Å².